The molecule has 0 spiro atoms. The molecule has 0 aromatic carbocycles. The van der Waals surface area contributed by atoms with E-state index in [0.717, 1.165) is 34.5 Å². The van der Waals surface area contributed by atoms with Gasteiger partial charge in [-0.25, -0.2) is 0 Å². The van der Waals surface area contributed by atoms with Crippen molar-refractivity contribution >= 4 is 59.0 Å². The molecule has 0 aromatic heterocycles. The molecular formula is C22H40O4S4. The van der Waals surface area contributed by atoms with Gasteiger partial charge in [0, 0.05) is 45.0 Å². The van der Waals surface area contributed by atoms with Crippen LogP contribution in [0, 0.1) is 11.8 Å². The van der Waals surface area contributed by atoms with Crippen LogP contribution in [-0.4, -0.2) is 68.2 Å². The summed E-state index contributed by atoms with van der Waals surface area (Å²) in [7, 11) is 0. The van der Waals surface area contributed by atoms with Gasteiger partial charge in [-0.3, -0.25) is 9.59 Å². The third-order valence-corrected chi connectivity index (χ3v) is 10.4. The van der Waals surface area contributed by atoms with Gasteiger partial charge in [0.2, 0.25) is 0 Å². The minimum Gasteiger partial charge on any atom is -0.460 e. The Morgan fingerprint density at radius 1 is 0.800 bits per heavy atom. The Balaban J connectivity index is 2.16. The number of carbonyl (C=O) groups is 2. The second-order valence-corrected chi connectivity index (χ2v) is 14.7. The van der Waals surface area contributed by atoms with Crippen LogP contribution >= 0.6 is 47.0 Å². The van der Waals surface area contributed by atoms with E-state index in [2.05, 4.69) is 23.5 Å². The summed E-state index contributed by atoms with van der Waals surface area (Å²) in [4.78, 5) is 24.1. The quantitative estimate of drug-likeness (QED) is 0.361. The third-order valence-electron chi connectivity index (χ3n) is 4.00. The Hall–Kier alpha value is 0.340. The molecule has 1 fully saturated rings. The number of hydrogen-bond acceptors (Lipinski definition) is 8. The molecule has 1 heterocycles. The lowest BCUT2D eigenvalue weighted by Gasteiger charge is -2.28. The fourth-order valence-electron chi connectivity index (χ4n) is 2.47. The number of rotatable bonds is 10. The molecule has 176 valence electrons. The van der Waals surface area contributed by atoms with Crippen molar-refractivity contribution in [1.82, 2.24) is 0 Å². The molecule has 0 N–H and O–H groups in total. The lowest BCUT2D eigenvalue weighted by Crippen LogP contribution is -2.29. The van der Waals surface area contributed by atoms with E-state index in [4.69, 9.17) is 9.47 Å². The maximum absolute atomic E-state index is 12.1. The lowest BCUT2D eigenvalue weighted by molar-refractivity contribution is -0.159. The average Bonchev–Trinajstić information content (AvgIpc) is 2.60. The monoisotopic (exact) mass is 496 g/mol. The number of esters is 2. The summed E-state index contributed by atoms with van der Waals surface area (Å²) < 4.78 is 10.9. The van der Waals surface area contributed by atoms with E-state index >= 15 is 0 Å². The fourth-order valence-corrected chi connectivity index (χ4v) is 8.58. The summed E-state index contributed by atoms with van der Waals surface area (Å²) in [6.45, 7) is 15.4. The number of thioether (sulfide) groups is 4. The highest BCUT2D eigenvalue weighted by molar-refractivity contribution is 8.09. The zero-order valence-electron chi connectivity index (χ0n) is 19.8. The normalized spacial score (nSPS) is 22.3. The first-order chi connectivity index (χ1) is 13.8. The number of hydrogen-bond donors (Lipinski definition) is 0. The maximum atomic E-state index is 12.1. The van der Waals surface area contributed by atoms with E-state index in [-0.39, 0.29) is 23.8 Å². The first-order valence-corrected chi connectivity index (χ1v) is 15.0. The Bertz CT molecular complexity index is 486. The van der Waals surface area contributed by atoms with E-state index in [1.807, 2.05) is 78.9 Å². The maximum Gasteiger partial charge on any atom is 0.310 e. The molecule has 0 bridgehead atoms. The van der Waals surface area contributed by atoms with Crippen molar-refractivity contribution in [2.45, 2.75) is 77.1 Å². The van der Waals surface area contributed by atoms with Crippen LogP contribution in [0.2, 0.25) is 0 Å². The summed E-state index contributed by atoms with van der Waals surface area (Å²) in [5.74, 6) is 5.80. The van der Waals surface area contributed by atoms with Gasteiger partial charge in [-0.2, -0.15) is 47.0 Å². The highest BCUT2D eigenvalue weighted by atomic mass is 32.2. The predicted octanol–water partition coefficient (Wildman–Crippen LogP) is 5.63. The van der Waals surface area contributed by atoms with E-state index in [9.17, 15) is 9.59 Å². The van der Waals surface area contributed by atoms with Crippen LogP contribution in [0.4, 0.5) is 0 Å². The van der Waals surface area contributed by atoms with Crippen molar-refractivity contribution in [3.05, 3.63) is 0 Å². The Labute approximate surface area is 200 Å². The third kappa shape index (κ3) is 13.0. The van der Waals surface area contributed by atoms with Crippen LogP contribution in [0.15, 0.2) is 0 Å². The highest BCUT2D eigenvalue weighted by Crippen LogP contribution is 2.34. The van der Waals surface area contributed by atoms with Crippen LogP contribution in [-0.2, 0) is 19.1 Å². The van der Waals surface area contributed by atoms with Gasteiger partial charge < -0.3 is 9.47 Å². The van der Waals surface area contributed by atoms with E-state index in [1.165, 1.54) is 0 Å². The standard InChI is InChI=1S/C22H40O4S4/c1-15(19(23)25-21(3,4)5)9-27-11-17-13-30-18(14-29-17)12-28-10-16(2)20(24)26-22(6,7)8/h15-18H,9-14H2,1-8H3. The van der Waals surface area contributed by atoms with Gasteiger partial charge in [-0.15, -0.1) is 0 Å². The summed E-state index contributed by atoms with van der Waals surface area (Å²) in [5.41, 5.74) is -0.826. The summed E-state index contributed by atoms with van der Waals surface area (Å²) in [5, 5.41) is 1.29. The van der Waals surface area contributed by atoms with Crippen LogP contribution in [0.5, 0.6) is 0 Å². The molecule has 1 rings (SSSR count). The molecule has 1 saturated heterocycles. The molecule has 4 unspecified atom stereocenters. The van der Waals surface area contributed by atoms with Crippen LogP contribution in [0.1, 0.15) is 55.4 Å². The molecular weight excluding hydrogens is 457 g/mol. The molecule has 0 amide bonds. The largest absolute Gasteiger partial charge is 0.460 e. The van der Waals surface area contributed by atoms with E-state index in [1.54, 1.807) is 0 Å². The van der Waals surface area contributed by atoms with Gasteiger partial charge in [0.1, 0.15) is 11.2 Å². The Morgan fingerprint density at radius 3 is 1.40 bits per heavy atom. The first-order valence-electron chi connectivity index (χ1n) is 10.6. The van der Waals surface area contributed by atoms with Crippen molar-refractivity contribution in [3.63, 3.8) is 0 Å². The van der Waals surface area contributed by atoms with E-state index < -0.39 is 11.2 Å². The van der Waals surface area contributed by atoms with Crippen molar-refractivity contribution in [3.8, 4) is 0 Å². The molecule has 0 aromatic rings. The Morgan fingerprint density at radius 2 is 1.13 bits per heavy atom. The smallest absolute Gasteiger partial charge is 0.310 e. The van der Waals surface area contributed by atoms with E-state index in [0.29, 0.717) is 10.5 Å². The topological polar surface area (TPSA) is 52.6 Å². The molecule has 1 aliphatic heterocycles. The first kappa shape index (κ1) is 28.4. The van der Waals surface area contributed by atoms with Crippen molar-refractivity contribution in [2.75, 3.05) is 34.5 Å². The molecule has 4 nitrogen and oxygen atoms in total. The molecule has 1 aliphatic rings. The van der Waals surface area contributed by atoms with Gasteiger partial charge in [0.15, 0.2) is 0 Å². The fraction of sp³-hybridized carbons (Fsp3) is 0.909. The van der Waals surface area contributed by atoms with Gasteiger partial charge in [-0.05, 0) is 41.5 Å². The predicted molar refractivity (Wildman–Crippen MR) is 137 cm³/mol. The molecule has 4 atom stereocenters. The number of carbonyl (C=O) groups excluding carboxylic acids is 2. The van der Waals surface area contributed by atoms with Gasteiger partial charge in [0.25, 0.3) is 0 Å². The van der Waals surface area contributed by atoms with Crippen molar-refractivity contribution < 1.29 is 19.1 Å². The average molecular weight is 497 g/mol. The van der Waals surface area contributed by atoms with Gasteiger partial charge >= 0.3 is 11.9 Å². The lowest BCUT2D eigenvalue weighted by atomic mass is 10.1. The zero-order chi connectivity index (χ0) is 22.9. The second-order valence-electron chi connectivity index (χ2n) is 9.85. The summed E-state index contributed by atoms with van der Waals surface area (Å²) in [6.07, 6.45) is 0. The Kier molecular flexibility index (Phi) is 12.4. The molecule has 0 aliphatic carbocycles. The van der Waals surface area contributed by atoms with Gasteiger partial charge in [-0.1, -0.05) is 13.8 Å². The van der Waals surface area contributed by atoms with Crippen molar-refractivity contribution in [2.24, 2.45) is 11.8 Å². The van der Waals surface area contributed by atoms with Crippen LogP contribution < -0.4 is 0 Å². The van der Waals surface area contributed by atoms with Crippen LogP contribution in [0.25, 0.3) is 0 Å². The van der Waals surface area contributed by atoms with Crippen molar-refractivity contribution in [1.29, 1.82) is 0 Å². The van der Waals surface area contributed by atoms with Gasteiger partial charge in [0.05, 0.1) is 11.8 Å². The summed E-state index contributed by atoms with van der Waals surface area (Å²) in [6, 6.07) is 0. The molecule has 0 saturated carbocycles. The minimum atomic E-state index is -0.413. The van der Waals surface area contributed by atoms with Crippen LogP contribution in [0.3, 0.4) is 0 Å². The summed E-state index contributed by atoms with van der Waals surface area (Å²) >= 11 is 7.83. The molecule has 8 heteroatoms. The SMILES string of the molecule is CC(CSCC1CSC(CSCC(C)C(=O)OC(C)(C)C)CS1)C(=O)OC(C)(C)C. The minimum absolute atomic E-state index is 0.0634. The zero-order valence-corrected chi connectivity index (χ0v) is 23.1. The molecule has 0 radical (unpaired) electrons. The number of ether oxygens (including phenoxy) is 2. The molecule has 30 heavy (non-hydrogen) atoms. The second kappa shape index (κ2) is 13.1. The highest BCUT2D eigenvalue weighted by Gasteiger charge is 2.26.